The number of nitriles is 1. The predicted octanol–water partition coefficient (Wildman–Crippen LogP) is 2.15. The number of nitrogens with zero attached hydrogens (tertiary/aromatic N) is 2. The molecule has 0 heterocycles. The van der Waals surface area contributed by atoms with E-state index >= 15 is 0 Å². The summed E-state index contributed by atoms with van der Waals surface area (Å²) in [5.41, 5.74) is 1.04. The molecule has 0 N–H and O–H groups in total. The highest BCUT2D eigenvalue weighted by Crippen LogP contribution is 2.19. The Hall–Kier alpha value is -1.53. The first-order valence-electron chi connectivity index (χ1n) is 4.48. The van der Waals surface area contributed by atoms with Gasteiger partial charge < -0.3 is 4.90 Å². The number of hydrogen-bond acceptors (Lipinski definition) is 2. The molecule has 0 saturated carbocycles. The maximum absolute atomic E-state index is 11.6. The molecule has 4 heteroatoms. The number of amides is 1. The molecule has 1 aromatic carbocycles. The minimum absolute atomic E-state index is 0.223. The lowest BCUT2D eigenvalue weighted by Gasteiger charge is -2.19. The minimum atomic E-state index is -0.596. The summed E-state index contributed by atoms with van der Waals surface area (Å²) in [6.07, 6.45) is 0. The highest BCUT2D eigenvalue weighted by Gasteiger charge is 2.18. The molecule has 0 aromatic heterocycles. The number of carbonyl (C=O) groups is 1. The van der Waals surface area contributed by atoms with E-state index in [-0.39, 0.29) is 5.91 Å². The van der Waals surface area contributed by atoms with Gasteiger partial charge >= 0.3 is 0 Å². The van der Waals surface area contributed by atoms with Gasteiger partial charge in [0.2, 0.25) is 5.91 Å². The van der Waals surface area contributed by atoms with E-state index in [1.54, 1.807) is 38.2 Å². The Morgan fingerprint density at radius 2 is 2.13 bits per heavy atom. The molecule has 0 bridgehead atoms. The molecule has 1 atom stereocenters. The van der Waals surface area contributed by atoms with Gasteiger partial charge in [0.25, 0.3) is 0 Å². The van der Waals surface area contributed by atoms with Crippen LogP contribution in [0, 0.1) is 11.3 Å². The van der Waals surface area contributed by atoms with Crippen LogP contribution >= 0.6 is 11.6 Å². The van der Waals surface area contributed by atoms with E-state index in [0.717, 1.165) is 0 Å². The molecule has 1 amide bonds. The van der Waals surface area contributed by atoms with E-state index in [1.807, 2.05) is 6.07 Å². The number of benzene rings is 1. The van der Waals surface area contributed by atoms with Crippen LogP contribution in [0.5, 0.6) is 0 Å². The maximum Gasteiger partial charge on any atom is 0.244 e. The quantitative estimate of drug-likeness (QED) is 0.720. The van der Waals surface area contributed by atoms with Gasteiger partial charge in [-0.1, -0.05) is 12.1 Å². The van der Waals surface area contributed by atoms with Gasteiger partial charge in [-0.3, -0.25) is 4.79 Å². The van der Waals surface area contributed by atoms with Crippen molar-refractivity contribution in [1.29, 1.82) is 5.26 Å². The maximum atomic E-state index is 11.6. The molecule has 15 heavy (non-hydrogen) atoms. The number of rotatable bonds is 2. The smallest absolute Gasteiger partial charge is 0.244 e. The molecule has 78 valence electrons. The van der Waals surface area contributed by atoms with Crippen molar-refractivity contribution in [3.8, 4) is 6.07 Å². The van der Waals surface area contributed by atoms with Crippen LogP contribution in [-0.4, -0.2) is 18.3 Å². The first-order valence-corrected chi connectivity index (χ1v) is 4.92. The fraction of sp³-hybridized carbons (Fsp3) is 0.273. The third-order valence-corrected chi connectivity index (χ3v) is 2.24. The van der Waals surface area contributed by atoms with Crippen LogP contribution in [-0.2, 0) is 4.79 Å². The molecule has 0 fully saturated rings. The zero-order chi connectivity index (χ0) is 11.4. The number of halogens is 1. The molecular formula is C11H11ClN2O. The molecule has 0 saturated heterocycles. The van der Waals surface area contributed by atoms with Gasteiger partial charge in [-0.05, 0) is 19.1 Å². The third-order valence-electron chi connectivity index (χ3n) is 2.06. The molecule has 1 unspecified atom stereocenters. The normalized spacial score (nSPS) is 11.6. The second-order valence-electron chi connectivity index (χ2n) is 3.14. The summed E-state index contributed by atoms with van der Waals surface area (Å²) in [5.74, 6) is -0.223. The Morgan fingerprint density at radius 3 is 2.67 bits per heavy atom. The number of carbonyl (C=O) groups excluding carboxylic acids is 1. The van der Waals surface area contributed by atoms with Crippen molar-refractivity contribution in [1.82, 2.24) is 0 Å². The highest BCUT2D eigenvalue weighted by molar-refractivity contribution is 6.32. The zero-order valence-corrected chi connectivity index (χ0v) is 9.32. The van der Waals surface area contributed by atoms with E-state index in [2.05, 4.69) is 0 Å². The number of hydrogen-bond donors (Lipinski definition) is 0. The Bertz CT molecular complexity index is 409. The van der Waals surface area contributed by atoms with Gasteiger partial charge in [0, 0.05) is 7.05 Å². The lowest BCUT2D eigenvalue weighted by Crippen LogP contribution is -2.32. The van der Waals surface area contributed by atoms with E-state index in [4.69, 9.17) is 16.9 Å². The molecule has 0 aliphatic rings. The molecule has 1 aromatic rings. The SMILES string of the molecule is CC(Cl)C(=O)N(C)c1ccccc1C#N. The van der Waals surface area contributed by atoms with Gasteiger partial charge in [0.15, 0.2) is 0 Å². The van der Waals surface area contributed by atoms with Crippen LogP contribution < -0.4 is 4.90 Å². The Kier molecular flexibility index (Phi) is 3.70. The van der Waals surface area contributed by atoms with Crippen LogP contribution in [0.3, 0.4) is 0 Å². The average molecular weight is 223 g/mol. The molecule has 3 nitrogen and oxygen atoms in total. The van der Waals surface area contributed by atoms with Crippen molar-refractivity contribution in [2.24, 2.45) is 0 Å². The molecular weight excluding hydrogens is 212 g/mol. The van der Waals surface area contributed by atoms with Crippen LogP contribution in [0.4, 0.5) is 5.69 Å². The van der Waals surface area contributed by atoms with Crippen LogP contribution in [0.15, 0.2) is 24.3 Å². The molecule has 0 aliphatic carbocycles. The van der Waals surface area contributed by atoms with Crippen LogP contribution in [0.25, 0.3) is 0 Å². The number of alkyl halides is 1. The topological polar surface area (TPSA) is 44.1 Å². The van der Waals surface area contributed by atoms with E-state index in [1.165, 1.54) is 4.90 Å². The first kappa shape index (κ1) is 11.5. The Morgan fingerprint density at radius 1 is 1.53 bits per heavy atom. The summed E-state index contributed by atoms with van der Waals surface area (Å²) in [6, 6.07) is 8.95. The molecule has 1 rings (SSSR count). The van der Waals surface area contributed by atoms with E-state index < -0.39 is 5.38 Å². The van der Waals surface area contributed by atoms with Crippen LogP contribution in [0.1, 0.15) is 12.5 Å². The van der Waals surface area contributed by atoms with Gasteiger partial charge in [0.1, 0.15) is 11.4 Å². The lowest BCUT2D eigenvalue weighted by molar-refractivity contribution is -0.117. The standard InChI is InChI=1S/C11H11ClN2O/c1-8(12)11(15)14(2)10-6-4-3-5-9(10)7-13/h3-6,8H,1-2H3. The third kappa shape index (κ3) is 2.48. The first-order chi connectivity index (χ1) is 7.07. The van der Waals surface area contributed by atoms with Gasteiger partial charge in [0.05, 0.1) is 11.3 Å². The molecule has 0 radical (unpaired) electrons. The van der Waals surface area contributed by atoms with Crippen LogP contribution in [0.2, 0.25) is 0 Å². The van der Waals surface area contributed by atoms with Crippen molar-refractivity contribution >= 4 is 23.2 Å². The molecule has 0 aliphatic heterocycles. The summed E-state index contributed by atoms with van der Waals surface area (Å²) in [6.45, 7) is 1.61. The Balaban J connectivity index is 3.07. The minimum Gasteiger partial charge on any atom is -0.313 e. The Labute approximate surface area is 93.9 Å². The van der Waals surface area contributed by atoms with Crippen molar-refractivity contribution in [3.05, 3.63) is 29.8 Å². The number of para-hydroxylation sites is 1. The number of anilines is 1. The average Bonchev–Trinajstić information content (AvgIpc) is 2.26. The second kappa shape index (κ2) is 4.81. The summed E-state index contributed by atoms with van der Waals surface area (Å²) in [7, 11) is 1.61. The lowest BCUT2D eigenvalue weighted by atomic mass is 10.2. The van der Waals surface area contributed by atoms with Crippen molar-refractivity contribution < 1.29 is 4.79 Å². The van der Waals surface area contributed by atoms with Crippen molar-refractivity contribution in [2.75, 3.05) is 11.9 Å². The monoisotopic (exact) mass is 222 g/mol. The fourth-order valence-electron chi connectivity index (χ4n) is 1.25. The predicted molar refractivity (Wildman–Crippen MR) is 59.9 cm³/mol. The summed E-state index contributed by atoms with van der Waals surface area (Å²) in [4.78, 5) is 13.0. The summed E-state index contributed by atoms with van der Waals surface area (Å²) in [5, 5.41) is 8.27. The highest BCUT2D eigenvalue weighted by atomic mass is 35.5. The van der Waals surface area contributed by atoms with Crippen molar-refractivity contribution in [2.45, 2.75) is 12.3 Å². The van der Waals surface area contributed by atoms with Crippen molar-refractivity contribution in [3.63, 3.8) is 0 Å². The fourth-order valence-corrected chi connectivity index (χ4v) is 1.39. The largest absolute Gasteiger partial charge is 0.313 e. The van der Waals surface area contributed by atoms with E-state index in [9.17, 15) is 4.79 Å². The van der Waals surface area contributed by atoms with Gasteiger partial charge in [-0.2, -0.15) is 5.26 Å². The zero-order valence-electron chi connectivity index (χ0n) is 8.57. The summed E-state index contributed by atoms with van der Waals surface area (Å²) < 4.78 is 0. The second-order valence-corrected chi connectivity index (χ2v) is 3.80. The van der Waals surface area contributed by atoms with Gasteiger partial charge in [-0.25, -0.2) is 0 Å². The molecule has 0 spiro atoms. The summed E-state index contributed by atoms with van der Waals surface area (Å²) >= 11 is 5.69. The van der Waals surface area contributed by atoms with Gasteiger partial charge in [-0.15, -0.1) is 11.6 Å². The van der Waals surface area contributed by atoms with E-state index in [0.29, 0.717) is 11.3 Å².